The van der Waals surface area contributed by atoms with Gasteiger partial charge in [-0.25, -0.2) is 8.42 Å². The van der Waals surface area contributed by atoms with Crippen molar-refractivity contribution in [3.05, 3.63) is 65.2 Å². The molecule has 2 atom stereocenters. The Balaban J connectivity index is 1.45. The fourth-order valence-electron chi connectivity index (χ4n) is 3.49. The highest BCUT2D eigenvalue weighted by Gasteiger charge is 2.26. The van der Waals surface area contributed by atoms with E-state index in [0.717, 1.165) is 49.7 Å². The van der Waals surface area contributed by atoms with E-state index in [1.54, 1.807) is 12.1 Å². The number of aliphatic hydroxyl groups is 1. The van der Waals surface area contributed by atoms with E-state index in [0.29, 0.717) is 5.69 Å². The number of fused-ring (bicyclic) bond motifs is 1. The summed E-state index contributed by atoms with van der Waals surface area (Å²) in [5, 5.41) is 14.0. The van der Waals surface area contributed by atoms with Crippen molar-refractivity contribution >= 4 is 15.7 Å². The van der Waals surface area contributed by atoms with Gasteiger partial charge in [-0.2, -0.15) is 0 Å². The predicted molar refractivity (Wildman–Crippen MR) is 105 cm³/mol. The van der Waals surface area contributed by atoms with E-state index >= 15 is 0 Å². The summed E-state index contributed by atoms with van der Waals surface area (Å²) in [6.07, 6.45) is 3.63. The van der Waals surface area contributed by atoms with Gasteiger partial charge in [0.15, 0.2) is 0 Å². The molecule has 0 bridgehead atoms. The van der Waals surface area contributed by atoms with Crippen molar-refractivity contribution in [2.24, 2.45) is 5.92 Å². The maximum atomic E-state index is 11.2. The minimum Gasteiger partial charge on any atom is -0.388 e. The quantitative estimate of drug-likeness (QED) is 0.651. The van der Waals surface area contributed by atoms with Crippen LogP contribution in [0.3, 0.4) is 0 Å². The highest BCUT2D eigenvalue weighted by Crippen LogP contribution is 2.33. The molecule has 0 saturated carbocycles. The molecule has 0 heterocycles. The molecule has 2 aromatic rings. The summed E-state index contributed by atoms with van der Waals surface area (Å²) >= 11 is 0. The van der Waals surface area contributed by atoms with Crippen LogP contribution in [0.4, 0.5) is 5.69 Å². The first-order valence-electron chi connectivity index (χ1n) is 8.96. The lowest BCUT2D eigenvalue weighted by Gasteiger charge is -2.30. The smallest absolute Gasteiger partial charge is 0.229 e. The van der Waals surface area contributed by atoms with Gasteiger partial charge in [-0.1, -0.05) is 36.4 Å². The monoisotopic (exact) mass is 374 g/mol. The number of hydrogen-bond donors (Lipinski definition) is 3. The molecule has 0 amide bonds. The Labute approximate surface area is 155 Å². The number of aliphatic hydroxyl groups excluding tert-OH is 1. The highest BCUT2D eigenvalue weighted by molar-refractivity contribution is 7.92. The normalized spacial score (nSPS) is 19.8. The number of aryl methyl sites for hydroxylation is 1. The first kappa shape index (κ1) is 18.9. The van der Waals surface area contributed by atoms with Crippen LogP contribution < -0.4 is 10.0 Å². The fraction of sp³-hybridized carbons (Fsp3) is 0.400. The predicted octanol–water partition coefficient (Wildman–Crippen LogP) is 2.49. The van der Waals surface area contributed by atoms with Gasteiger partial charge in [0.05, 0.1) is 12.4 Å². The highest BCUT2D eigenvalue weighted by atomic mass is 32.2. The summed E-state index contributed by atoms with van der Waals surface area (Å²) in [6.45, 7) is 1.62. The van der Waals surface area contributed by atoms with Crippen LogP contribution >= 0.6 is 0 Å². The number of rotatable bonds is 7. The van der Waals surface area contributed by atoms with Crippen LogP contribution in [0, 0.1) is 5.92 Å². The zero-order valence-electron chi connectivity index (χ0n) is 15.0. The van der Waals surface area contributed by atoms with E-state index < -0.39 is 16.1 Å². The molecule has 140 valence electrons. The number of benzene rings is 2. The first-order chi connectivity index (χ1) is 12.4. The molecule has 0 fully saturated rings. The van der Waals surface area contributed by atoms with Crippen molar-refractivity contribution in [2.75, 3.05) is 24.1 Å². The minimum absolute atomic E-state index is 0.242. The van der Waals surface area contributed by atoms with Crippen LogP contribution in [0.1, 0.15) is 29.2 Å². The molecule has 0 radical (unpaired) electrons. The van der Waals surface area contributed by atoms with Crippen molar-refractivity contribution in [3.63, 3.8) is 0 Å². The van der Waals surface area contributed by atoms with Crippen LogP contribution in [-0.4, -0.2) is 32.9 Å². The van der Waals surface area contributed by atoms with Crippen molar-refractivity contribution in [1.29, 1.82) is 0 Å². The topological polar surface area (TPSA) is 78.4 Å². The molecule has 6 heteroatoms. The third kappa shape index (κ3) is 5.06. The lowest BCUT2D eigenvalue weighted by Crippen LogP contribution is -2.31. The van der Waals surface area contributed by atoms with Crippen molar-refractivity contribution < 1.29 is 13.5 Å². The molecule has 0 saturated heterocycles. The van der Waals surface area contributed by atoms with Gasteiger partial charge in [-0.05, 0) is 54.6 Å². The Hall–Kier alpha value is -1.89. The Kier molecular flexibility index (Phi) is 5.96. The van der Waals surface area contributed by atoms with Crippen molar-refractivity contribution in [3.8, 4) is 0 Å². The van der Waals surface area contributed by atoms with Gasteiger partial charge in [0.25, 0.3) is 0 Å². The average molecular weight is 375 g/mol. The molecule has 1 aliphatic rings. The standard InChI is InChI=1S/C20H26N2O3S/c1-26(24,25)22-18-10-6-15(7-11-18)12-13-21-14-17-9-8-16-4-2-3-5-19(16)20(17)23/h2-7,10-11,17,20-23H,8-9,12-14H2,1H3/t17-,20+/m0/s1. The van der Waals surface area contributed by atoms with Crippen LogP contribution in [0.15, 0.2) is 48.5 Å². The second-order valence-corrected chi connectivity index (χ2v) is 8.72. The minimum atomic E-state index is -3.24. The second-order valence-electron chi connectivity index (χ2n) is 6.97. The number of hydrogen-bond acceptors (Lipinski definition) is 4. The SMILES string of the molecule is CS(=O)(=O)Nc1ccc(CCNC[C@@H]2CCc3ccccc3[C@@H]2O)cc1. The fourth-order valence-corrected chi connectivity index (χ4v) is 4.05. The Morgan fingerprint density at radius 3 is 2.58 bits per heavy atom. The summed E-state index contributed by atoms with van der Waals surface area (Å²) in [5.41, 5.74) is 4.05. The molecule has 3 N–H and O–H groups in total. The first-order valence-corrected chi connectivity index (χ1v) is 10.8. The molecule has 0 unspecified atom stereocenters. The maximum absolute atomic E-state index is 11.2. The van der Waals surface area contributed by atoms with Crippen molar-refractivity contribution in [2.45, 2.75) is 25.4 Å². The molecule has 2 aromatic carbocycles. The molecule has 0 spiro atoms. The van der Waals surface area contributed by atoms with E-state index in [1.165, 1.54) is 5.56 Å². The summed E-state index contributed by atoms with van der Waals surface area (Å²) in [7, 11) is -3.24. The number of nitrogens with one attached hydrogen (secondary N) is 2. The van der Waals surface area contributed by atoms with Gasteiger partial charge < -0.3 is 10.4 Å². The van der Waals surface area contributed by atoms with E-state index in [1.807, 2.05) is 30.3 Å². The zero-order chi connectivity index (χ0) is 18.6. The van der Waals surface area contributed by atoms with Crippen LogP contribution in [-0.2, 0) is 22.9 Å². The number of anilines is 1. The van der Waals surface area contributed by atoms with Gasteiger partial charge in [-0.15, -0.1) is 0 Å². The van der Waals surface area contributed by atoms with Crippen molar-refractivity contribution in [1.82, 2.24) is 5.32 Å². The Bertz CT molecular complexity index is 834. The van der Waals surface area contributed by atoms with Crippen LogP contribution in [0.5, 0.6) is 0 Å². The summed E-state index contributed by atoms with van der Waals surface area (Å²) in [6, 6.07) is 15.6. The second kappa shape index (κ2) is 8.20. The molecular formula is C20H26N2O3S. The van der Waals surface area contributed by atoms with Gasteiger partial charge >= 0.3 is 0 Å². The van der Waals surface area contributed by atoms with E-state index in [-0.39, 0.29) is 5.92 Å². The van der Waals surface area contributed by atoms with E-state index in [2.05, 4.69) is 16.1 Å². The largest absolute Gasteiger partial charge is 0.388 e. The third-order valence-corrected chi connectivity index (χ3v) is 5.47. The lowest BCUT2D eigenvalue weighted by atomic mass is 9.81. The summed E-state index contributed by atoms with van der Waals surface area (Å²) in [5.74, 6) is 0.242. The molecule has 0 aliphatic heterocycles. The number of sulfonamides is 1. The van der Waals surface area contributed by atoms with Gasteiger partial charge in [0.1, 0.15) is 0 Å². The molecular weight excluding hydrogens is 348 g/mol. The zero-order valence-corrected chi connectivity index (χ0v) is 15.8. The van der Waals surface area contributed by atoms with Crippen LogP contribution in [0.25, 0.3) is 0 Å². The molecule has 0 aromatic heterocycles. The Morgan fingerprint density at radius 2 is 1.85 bits per heavy atom. The average Bonchev–Trinajstić information content (AvgIpc) is 2.61. The molecule has 26 heavy (non-hydrogen) atoms. The van der Waals surface area contributed by atoms with Crippen LogP contribution in [0.2, 0.25) is 0 Å². The lowest BCUT2D eigenvalue weighted by molar-refractivity contribution is 0.0931. The third-order valence-electron chi connectivity index (χ3n) is 4.86. The van der Waals surface area contributed by atoms with Gasteiger partial charge in [-0.3, -0.25) is 4.72 Å². The molecule has 3 rings (SSSR count). The summed E-state index contributed by atoms with van der Waals surface area (Å²) < 4.78 is 24.9. The van der Waals surface area contributed by atoms with E-state index in [4.69, 9.17) is 0 Å². The molecule has 5 nitrogen and oxygen atoms in total. The van der Waals surface area contributed by atoms with Gasteiger partial charge in [0.2, 0.25) is 10.0 Å². The van der Waals surface area contributed by atoms with E-state index in [9.17, 15) is 13.5 Å². The Morgan fingerprint density at radius 1 is 1.12 bits per heavy atom. The molecule has 1 aliphatic carbocycles. The van der Waals surface area contributed by atoms with Gasteiger partial charge in [0, 0.05) is 18.2 Å². The maximum Gasteiger partial charge on any atom is 0.229 e. The summed E-state index contributed by atoms with van der Waals surface area (Å²) in [4.78, 5) is 0.